The molecule has 0 spiro atoms. The minimum Gasteiger partial charge on any atom is -0.454 e. The second kappa shape index (κ2) is 7.05. The summed E-state index contributed by atoms with van der Waals surface area (Å²) >= 11 is 5.96. The highest BCUT2D eigenvalue weighted by Gasteiger charge is 2.14. The summed E-state index contributed by atoms with van der Waals surface area (Å²) in [4.78, 5) is 13.8. The summed E-state index contributed by atoms with van der Waals surface area (Å²) in [6.07, 6.45) is 2.55. The van der Waals surface area contributed by atoms with E-state index in [1.165, 1.54) is 0 Å². The number of carbonyl (C=O) groups is 1. The normalized spacial score (nSPS) is 12.3. The van der Waals surface area contributed by atoms with Crippen molar-refractivity contribution in [1.29, 1.82) is 0 Å². The number of nitrogens with zero attached hydrogens (tertiary/aromatic N) is 2. The van der Waals surface area contributed by atoms with E-state index in [1.807, 2.05) is 42.1 Å². The highest BCUT2D eigenvalue weighted by Crippen LogP contribution is 2.32. The molecule has 0 saturated heterocycles. The van der Waals surface area contributed by atoms with Gasteiger partial charge in [0, 0.05) is 32.5 Å². The van der Waals surface area contributed by atoms with Crippen molar-refractivity contribution in [3.8, 4) is 11.5 Å². The Morgan fingerprint density at radius 2 is 2.12 bits per heavy atom. The smallest absolute Gasteiger partial charge is 0.317 e. The fraction of sp³-hybridized carbons (Fsp3) is 0.353. The molecule has 128 valence electrons. The van der Waals surface area contributed by atoms with Crippen LogP contribution in [0.3, 0.4) is 0 Å². The van der Waals surface area contributed by atoms with Gasteiger partial charge in [0.15, 0.2) is 11.5 Å². The molecule has 0 fully saturated rings. The highest BCUT2D eigenvalue weighted by molar-refractivity contribution is 6.30. The number of benzene rings is 1. The van der Waals surface area contributed by atoms with Gasteiger partial charge in [-0.3, -0.25) is 0 Å². The SMILES string of the molecule is CN(Cc1cc(Cl)cn1C)C(=O)NCCc1ccc2c(c1)OCO2. The first-order valence-corrected chi connectivity index (χ1v) is 8.09. The number of fused-ring (bicyclic) bond motifs is 1. The number of ether oxygens (including phenoxy) is 2. The maximum atomic E-state index is 12.2. The predicted octanol–water partition coefficient (Wildman–Crippen LogP) is 2.79. The first-order valence-electron chi connectivity index (χ1n) is 7.71. The van der Waals surface area contributed by atoms with Crippen LogP contribution in [0.2, 0.25) is 5.02 Å². The van der Waals surface area contributed by atoms with Crippen LogP contribution in [0.5, 0.6) is 11.5 Å². The van der Waals surface area contributed by atoms with E-state index in [0.717, 1.165) is 29.2 Å². The third kappa shape index (κ3) is 3.76. The minimum absolute atomic E-state index is 0.118. The van der Waals surface area contributed by atoms with Crippen molar-refractivity contribution in [1.82, 2.24) is 14.8 Å². The largest absolute Gasteiger partial charge is 0.454 e. The van der Waals surface area contributed by atoms with Gasteiger partial charge < -0.3 is 24.3 Å². The standard InChI is InChI=1S/C17H20ClN3O3/c1-20-9-13(18)8-14(20)10-21(2)17(22)19-6-5-12-3-4-15-16(7-12)24-11-23-15/h3-4,7-9H,5-6,10-11H2,1-2H3,(H,19,22). The first kappa shape index (κ1) is 16.5. The van der Waals surface area contributed by atoms with Gasteiger partial charge in [0.1, 0.15) is 0 Å². The molecule has 2 heterocycles. The molecule has 0 bridgehead atoms. The van der Waals surface area contributed by atoms with Crippen LogP contribution in [0.1, 0.15) is 11.3 Å². The van der Waals surface area contributed by atoms with E-state index in [0.29, 0.717) is 18.1 Å². The number of carbonyl (C=O) groups excluding carboxylic acids is 1. The number of hydrogen-bond acceptors (Lipinski definition) is 3. The Morgan fingerprint density at radius 1 is 1.33 bits per heavy atom. The molecule has 0 aliphatic carbocycles. The molecule has 0 radical (unpaired) electrons. The molecule has 2 amide bonds. The first-order chi connectivity index (χ1) is 11.5. The molecule has 0 unspecified atom stereocenters. The van der Waals surface area contributed by atoms with Crippen LogP contribution in [0.25, 0.3) is 0 Å². The van der Waals surface area contributed by atoms with Crippen molar-refractivity contribution < 1.29 is 14.3 Å². The number of aromatic nitrogens is 1. The van der Waals surface area contributed by atoms with Gasteiger partial charge in [-0.1, -0.05) is 17.7 Å². The van der Waals surface area contributed by atoms with Crippen LogP contribution in [0, 0.1) is 0 Å². The predicted molar refractivity (Wildman–Crippen MR) is 91.6 cm³/mol. The molecule has 1 aromatic heterocycles. The number of hydrogen-bond donors (Lipinski definition) is 1. The quantitative estimate of drug-likeness (QED) is 0.903. The van der Waals surface area contributed by atoms with E-state index >= 15 is 0 Å². The molecule has 1 aromatic carbocycles. The summed E-state index contributed by atoms with van der Waals surface area (Å²) in [5.74, 6) is 1.53. The monoisotopic (exact) mass is 349 g/mol. The van der Waals surface area contributed by atoms with Crippen LogP contribution in [0.15, 0.2) is 30.5 Å². The number of urea groups is 1. The minimum atomic E-state index is -0.118. The zero-order valence-electron chi connectivity index (χ0n) is 13.7. The topological polar surface area (TPSA) is 55.7 Å². The molecule has 0 saturated carbocycles. The Hall–Kier alpha value is -2.34. The lowest BCUT2D eigenvalue weighted by Gasteiger charge is -2.18. The Bertz CT molecular complexity index is 745. The van der Waals surface area contributed by atoms with E-state index in [-0.39, 0.29) is 12.8 Å². The summed E-state index contributed by atoms with van der Waals surface area (Å²) in [5, 5.41) is 3.59. The Labute approximate surface area is 145 Å². The van der Waals surface area contributed by atoms with Crippen LogP contribution in [-0.2, 0) is 20.0 Å². The lowest BCUT2D eigenvalue weighted by Crippen LogP contribution is -2.38. The van der Waals surface area contributed by atoms with Crippen molar-refractivity contribution in [3.63, 3.8) is 0 Å². The molecular formula is C17H20ClN3O3. The van der Waals surface area contributed by atoms with E-state index < -0.39 is 0 Å². The Morgan fingerprint density at radius 3 is 2.88 bits per heavy atom. The van der Waals surface area contributed by atoms with Crippen LogP contribution >= 0.6 is 11.6 Å². The number of aryl methyl sites for hydroxylation is 1. The molecule has 6 nitrogen and oxygen atoms in total. The molecule has 2 aromatic rings. The summed E-state index contributed by atoms with van der Waals surface area (Å²) in [7, 11) is 3.67. The number of rotatable bonds is 5. The summed E-state index contributed by atoms with van der Waals surface area (Å²) in [5.41, 5.74) is 2.07. The molecule has 1 aliphatic heterocycles. The highest BCUT2D eigenvalue weighted by atomic mass is 35.5. The fourth-order valence-electron chi connectivity index (χ4n) is 2.58. The summed E-state index contributed by atoms with van der Waals surface area (Å²) < 4.78 is 12.6. The van der Waals surface area contributed by atoms with Crippen molar-refractivity contribution in [2.45, 2.75) is 13.0 Å². The van der Waals surface area contributed by atoms with Crippen LogP contribution < -0.4 is 14.8 Å². The van der Waals surface area contributed by atoms with Crippen molar-refractivity contribution in [2.24, 2.45) is 7.05 Å². The third-order valence-corrected chi connectivity index (χ3v) is 4.15. The second-order valence-electron chi connectivity index (χ2n) is 5.79. The molecule has 3 rings (SSSR count). The van der Waals surface area contributed by atoms with Crippen molar-refractivity contribution in [2.75, 3.05) is 20.4 Å². The second-order valence-corrected chi connectivity index (χ2v) is 6.22. The molecular weight excluding hydrogens is 330 g/mol. The molecule has 1 N–H and O–H groups in total. The van der Waals surface area contributed by atoms with Gasteiger partial charge in [-0.15, -0.1) is 0 Å². The van der Waals surface area contributed by atoms with E-state index in [1.54, 1.807) is 11.9 Å². The molecule has 1 aliphatic rings. The molecule has 7 heteroatoms. The van der Waals surface area contributed by atoms with Gasteiger partial charge in [-0.05, 0) is 30.2 Å². The van der Waals surface area contributed by atoms with Gasteiger partial charge in [0.05, 0.1) is 11.6 Å². The summed E-state index contributed by atoms with van der Waals surface area (Å²) in [6, 6.07) is 7.57. The lowest BCUT2D eigenvalue weighted by molar-refractivity contribution is 0.174. The number of amides is 2. The maximum Gasteiger partial charge on any atom is 0.317 e. The van der Waals surface area contributed by atoms with Crippen LogP contribution in [-0.4, -0.2) is 35.9 Å². The molecule has 0 atom stereocenters. The fourth-order valence-corrected chi connectivity index (χ4v) is 2.86. The van der Waals surface area contributed by atoms with E-state index in [9.17, 15) is 4.79 Å². The van der Waals surface area contributed by atoms with Crippen molar-refractivity contribution >= 4 is 17.6 Å². The van der Waals surface area contributed by atoms with Gasteiger partial charge in [0.2, 0.25) is 6.79 Å². The van der Waals surface area contributed by atoms with E-state index in [4.69, 9.17) is 21.1 Å². The average molecular weight is 350 g/mol. The Kier molecular flexibility index (Phi) is 4.85. The van der Waals surface area contributed by atoms with Gasteiger partial charge in [-0.2, -0.15) is 0 Å². The van der Waals surface area contributed by atoms with Gasteiger partial charge >= 0.3 is 6.03 Å². The zero-order chi connectivity index (χ0) is 17.1. The number of halogens is 1. The average Bonchev–Trinajstić information content (AvgIpc) is 3.13. The van der Waals surface area contributed by atoms with E-state index in [2.05, 4.69) is 5.32 Å². The maximum absolute atomic E-state index is 12.2. The summed E-state index contributed by atoms with van der Waals surface area (Å²) in [6.45, 7) is 1.32. The van der Waals surface area contributed by atoms with Gasteiger partial charge in [0.25, 0.3) is 0 Å². The third-order valence-electron chi connectivity index (χ3n) is 3.95. The Balaban J connectivity index is 1.47. The zero-order valence-corrected chi connectivity index (χ0v) is 14.5. The van der Waals surface area contributed by atoms with Gasteiger partial charge in [-0.25, -0.2) is 4.79 Å². The lowest BCUT2D eigenvalue weighted by atomic mass is 10.1. The van der Waals surface area contributed by atoms with Crippen molar-refractivity contribution in [3.05, 3.63) is 46.7 Å². The molecule has 24 heavy (non-hydrogen) atoms. The van der Waals surface area contributed by atoms with Crippen LogP contribution in [0.4, 0.5) is 4.79 Å². The number of nitrogens with one attached hydrogen (secondary N) is 1.